The third-order valence-corrected chi connectivity index (χ3v) is 3.50. The van der Waals surface area contributed by atoms with E-state index in [4.69, 9.17) is 17.3 Å². The monoisotopic (exact) mass is 295 g/mol. The molecule has 2 aromatic rings. The summed E-state index contributed by atoms with van der Waals surface area (Å²) in [7, 11) is 0. The van der Waals surface area contributed by atoms with Crippen molar-refractivity contribution in [2.75, 3.05) is 6.54 Å². The van der Waals surface area contributed by atoms with Crippen molar-refractivity contribution in [1.29, 1.82) is 0 Å². The minimum atomic E-state index is -0.431. The first-order chi connectivity index (χ1) is 9.58. The molecule has 0 radical (unpaired) electrons. The SMILES string of the molecule is NCC(Cc1cccc(Cl)c1)Cc1cc(F)ccc1F. The Balaban J connectivity index is 2.11. The second-order valence-electron chi connectivity index (χ2n) is 4.88. The summed E-state index contributed by atoms with van der Waals surface area (Å²) < 4.78 is 26.8. The first kappa shape index (κ1) is 14.9. The summed E-state index contributed by atoms with van der Waals surface area (Å²) in [6, 6.07) is 11.0. The Morgan fingerprint density at radius 3 is 2.55 bits per heavy atom. The summed E-state index contributed by atoms with van der Waals surface area (Å²) in [4.78, 5) is 0. The summed E-state index contributed by atoms with van der Waals surface area (Å²) in [6.45, 7) is 0.405. The van der Waals surface area contributed by atoms with Crippen LogP contribution < -0.4 is 5.73 Å². The molecule has 0 aromatic heterocycles. The molecule has 1 unspecified atom stereocenters. The second-order valence-corrected chi connectivity index (χ2v) is 5.31. The van der Waals surface area contributed by atoms with E-state index in [-0.39, 0.29) is 5.92 Å². The number of hydrogen-bond acceptors (Lipinski definition) is 1. The Bertz CT molecular complexity index is 586. The van der Waals surface area contributed by atoms with Gasteiger partial charge in [0.2, 0.25) is 0 Å². The van der Waals surface area contributed by atoms with Crippen LogP contribution in [0.1, 0.15) is 11.1 Å². The van der Waals surface area contributed by atoms with Crippen molar-refractivity contribution in [1.82, 2.24) is 0 Å². The topological polar surface area (TPSA) is 26.0 Å². The van der Waals surface area contributed by atoms with Crippen LogP contribution >= 0.6 is 11.6 Å². The molecule has 20 heavy (non-hydrogen) atoms. The van der Waals surface area contributed by atoms with Gasteiger partial charge in [-0.2, -0.15) is 0 Å². The smallest absolute Gasteiger partial charge is 0.126 e. The number of hydrogen-bond donors (Lipinski definition) is 1. The number of nitrogens with two attached hydrogens (primary N) is 1. The van der Waals surface area contributed by atoms with Crippen molar-refractivity contribution in [3.8, 4) is 0 Å². The van der Waals surface area contributed by atoms with Gasteiger partial charge in [0.05, 0.1) is 0 Å². The Hall–Kier alpha value is -1.45. The summed E-state index contributed by atoms with van der Waals surface area (Å²) in [5.41, 5.74) is 7.15. The van der Waals surface area contributed by atoms with Crippen LogP contribution in [0, 0.1) is 17.6 Å². The van der Waals surface area contributed by atoms with Crippen LogP contribution in [0.5, 0.6) is 0 Å². The number of halogens is 3. The van der Waals surface area contributed by atoms with Crippen LogP contribution in [0.2, 0.25) is 5.02 Å². The zero-order valence-corrected chi connectivity index (χ0v) is 11.7. The maximum absolute atomic E-state index is 13.6. The van der Waals surface area contributed by atoms with Gasteiger partial charge in [-0.25, -0.2) is 8.78 Å². The van der Waals surface area contributed by atoms with Crippen LogP contribution in [0.25, 0.3) is 0 Å². The molecule has 1 nitrogen and oxygen atoms in total. The van der Waals surface area contributed by atoms with Crippen LogP contribution in [0.15, 0.2) is 42.5 Å². The molecule has 0 saturated carbocycles. The molecule has 0 heterocycles. The van der Waals surface area contributed by atoms with Crippen molar-refractivity contribution in [2.24, 2.45) is 11.7 Å². The van der Waals surface area contributed by atoms with Gasteiger partial charge in [0.1, 0.15) is 11.6 Å². The summed E-state index contributed by atoms with van der Waals surface area (Å²) in [5, 5.41) is 0.662. The fourth-order valence-corrected chi connectivity index (χ4v) is 2.46. The molecule has 0 saturated heterocycles. The minimum Gasteiger partial charge on any atom is -0.330 e. The van der Waals surface area contributed by atoms with Gasteiger partial charge in [-0.1, -0.05) is 23.7 Å². The van der Waals surface area contributed by atoms with Crippen LogP contribution in [-0.2, 0) is 12.8 Å². The normalized spacial score (nSPS) is 12.4. The van der Waals surface area contributed by atoms with Crippen molar-refractivity contribution in [2.45, 2.75) is 12.8 Å². The van der Waals surface area contributed by atoms with E-state index in [1.807, 2.05) is 18.2 Å². The standard InChI is InChI=1S/C16H16ClF2N/c17-14-3-1-2-11(8-14)6-12(10-20)7-13-9-15(18)4-5-16(13)19/h1-5,8-9,12H,6-7,10,20H2. The van der Waals surface area contributed by atoms with Gasteiger partial charge in [0, 0.05) is 5.02 Å². The predicted molar refractivity (Wildman–Crippen MR) is 77.8 cm³/mol. The van der Waals surface area contributed by atoms with Crippen molar-refractivity contribution >= 4 is 11.6 Å². The van der Waals surface area contributed by atoms with Crippen LogP contribution in [-0.4, -0.2) is 6.54 Å². The lowest BCUT2D eigenvalue weighted by Crippen LogP contribution is -2.20. The Morgan fingerprint density at radius 1 is 1.05 bits per heavy atom. The summed E-state index contributed by atoms with van der Waals surface area (Å²) in [5.74, 6) is -0.777. The van der Waals surface area contributed by atoms with Gasteiger partial charge in [0.25, 0.3) is 0 Å². The van der Waals surface area contributed by atoms with Crippen molar-refractivity contribution in [3.63, 3.8) is 0 Å². The average molecular weight is 296 g/mol. The van der Waals surface area contributed by atoms with Gasteiger partial charge in [-0.15, -0.1) is 0 Å². The maximum Gasteiger partial charge on any atom is 0.126 e. The van der Waals surface area contributed by atoms with Crippen LogP contribution in [0.4, 0.5) is 8.78 Å². The van der Waals surface area contributed by atoms with E-state index in [0.717, 1.165) is 17.7 Å². The largest absolute Gasteiger partial charge is 0.330 e. The van der Waals surface area contributed by atoms with Crippen LogP contribution in [0.3, 0.4) is 0 Å². The molecule has 0 amide bonds. The van der Waals surface area contributed by atoms with E-state index in [1.165, 1.54) is 6.07 Å². The van der Waals surface area contributed by atoms with Crippen molar-refractivity contribution in [3.05, 3.63) is 70.2 Å². The third-order valence-electron chi connectivity index (χ3n) is 3.26. The van der Waals surface area contributed by atoms with E-state index in [2.05, 4.69) is 0 Å². The fourth-order valence-electron chi connectivity index (χ4n) is 2.25. The Morgan fingerprint density at radius 2 is 1.85 bits per heavy atom. The van der Waals surface area contributed by atoms with E-state index in [0.29, 0.717) is 30.0 Å². The Kier molecular flexibility index (Phi) is 5.10. The number of rotatable bonds is 5. The second kappa shape index (κ2) is 6.82. The lowest BCUT2D eigenvalue weighted by Gasteiger charge is -2.15. The zero-order chi connectivity index (χ0) is 14.5. The fraction of sp³-hybridized carbons (Fsp3) is 0.250. The molecule has 0 spiro atoms. The molecular weight excluding hydrogens is 280 g/mol. The average Bonchev–Trinajstić information content (AvgIpc) is 2.42. The quantitative estimate of drug-likeness (QED) is 0.887. The molecule has 0 aliphatic rings. The third kappa shape index (κ3) is 4.02. The van der Waals surface area contributed by atoms with Crippen molar-refractivity contribution < 1.29 is 8.78 Å². The highest BCUT2D eigenvalue weighted by Crippen LogP contribution is 2.19. The minimum absolute atomic E-state index is 0.0461. The molecule has 1 atom stereocenters. The molecule has 2 N–H and O–H groups in total. The lowest BCUT2D eigenvalue weighted by molar-refractivity contribution is 0.506. The van der Waals surface area contributed by atoms with E-state index in [1.54, 1.807) is 6.07 Å². The van der Waals surface area contributed by atoms with Gasteiger partial charge in [0.15, 0.2) is 0 Å². The molecule has 4 heteroatoms. The summed E-state index contributed by atoms with van der Waals surface area (Å²) in [6.07, 6.45) is 1.10. The molecule has 0 aliphatic heterocycles. The van der Waals surface area contributed by atoms with E-state index < -0.39 is 11.6 Å². The highest BCUT2D eigenvalue weighted by molar-refractivity contribution is 6.30. The van der Waals surface area contributed by atoms with E-state index in [9.17, 15) is 8.78 Å². The highest BCUT2D eigenvalue weighted by atomic mass is 35.5. The van der Waals surface area contributed by atoms with Gasteiger partial charge in [-0.05, 0) is 66.8 Å². The molecule has 106 valence electrons. The van der Waals surface area contributed by atoms with Gasteiger partial charge >= 0.3 is 0 Å². The lowest BCUT2D eigenvalue weighted by atomic mass is 9.92. The number of benzene rings is 2. The molecule has 2 rings (SSSR count). The molecule has 0 aliphatic carbocycles. The first-order valence-electron chi connectivity index (χ1n) is 6.47. The van der Waals surface area contributed by atoms with Gasteiger partial charge in [-0.3, -0.25) is 0 Å². The summed E-state index contributed by atoms with van der Waals surface area (Å²) >= 11 is 5.94. The predicted octanol–water partition coefficient (Wildman–Crippen LogP) is 3.98. The first-order valence-corrected chi connectivity index (χ1v) is 6.84. The van der Waals surface area contributed by atoms with E-state index >= 15 is 0 Å². The highest BCUT2D eigenvalue weighted by Gasteiger charge is 2.13. The molecular formula is C16H16ClF2N. The zero-order valence-electron chi connectivity index (χ0n) is 11.0. The maximum atomic E-state index is 13.6. The molecule has 0 fully saturated rings. The molecule has 0 bridgehead atoms. The van der Waals surface area contributed by atoms with Gasteiger partial charge < -0.3 is 5.73 Å². The molecule has 2 aromatic carbocycles. The Labute approximate surface area is 122 Å².